The van der Waals surface area contributed by atoms with E-state index in [1.165, 1.54) is 13.0 Å². The first-order chi connectivity index (χ1) is 7.45. The molecule has 0 N–H and O–H groups in total. The number of aryl methyl sites for hydroxylation is 1. The highest BCUT2D eigenvalue weighted by molar-refractivity contribution is 5.96. The third kappa shape index (κ3) is 2.78. The van der Waals surface area contributed by atoms with Crippen molar-refractivity contribution in [1.29, 1.82) is 0 Å². The molecule has 1 aromatic carbocycles. The van der Waals surface area contributed by atoms with Crippen LogP contribution in [0.4, 0.5) is 8.78 Å². The number of alkyl halides is 2. The van der Waals surface area contributed by atoms with Crippen molar-refractivity contribution in [3.63, 3.8) is 0 Å². The number of halogens is 2. The highest BCUT2D eigenvalue weighted by Gasteiger charge is 2.12. The number of benzene rings is 1. The van der Waals surface area contributed by atoms with Crippen LogP contribution in [0.2, 0.25) is 0 Å². The van der Waals surface area contributed by atoms with Crippen molar-refractivity contribution >= 4 is 5.78 Å². The lowest BCUT2D eigenvalue weighted by Gasteiger charge is -2.12. The molecule has 0 aliphatic rings. The minimum absolute atomic E-state index is 0.0441. The molecular formula is C12H14F2O2. The van der Waals surface area contributed by atoms with E-state index in [-0.39, 0.29) is 11.5 Å². The first kappa shape index (κ1) is 12.6. The van der Waals surface area contributed by atoms with Crippen molar-refractivity contribution in [2.75, 3.05) is 0 Å². The van der Waals surface area contributed by atoms with Gasteiger partial charge in [-0.05, 0) is 43.5 Å². The minimum atomic E-state index is -2.87. The van der Waals surface area contributed by atoms with Gasteiger partial charge in [-0.2, -0.15) is 8.78 Å². The second-order valence-corrected chi connectivity index (χ2v) is 3.54. The van der Waals surface area contributed by atoms with Crippen LogP contribution in [0.5, 0.6) is 5.75 Å². The number of rotatable bonds is 4. The molecule has 0 saturated carbocycles. The number of Topliss-reactive ketones (excluding diaryl/α,β-unsaturated/α-hetero) is 1. The van der Waals surface area contributed by atoms with E-state index in [4.69, 9.17) is 0 Å². The van der Waals surface area contributed by atoms with E-state index in [9.17, 15) is 13.6 Å². The molecule has 0 unspecified atom stereocenters. The predicted molar refractivity (Wildman–Crippen MR) is 57.2 cm³/mol. The summed E-state index contributed by atoms with van der Waals surface area (Å²) < 4.78 is 28.5. The molecule has 1 rings (SSSR count). The van der Waals surface area contributed by atoms with Gasteiger partial charge in [0.15, 0.2) is 5.78 Å². The number of ketones is 1. The highest BCUT2D eigenvalue weighted by atomic mass is 19.3. The zero-order valence-electron chi connectivity index (χ0n) is 9.51. The van der Waals surface area contributed by atoms with Gasteiger partial charge in [-0.25, -0.2) is 0 Å². The van der Waals surface area contributed by atoms with Crippen molar-refractivity contribution < 1.29 is 18.3 Å². The smallest absolute Gasteiger partial charge is 0.387 e. The van der Waals surface area contributed by atoms with Gasteiger partial charge >= 0.3 is 6.61 Å². The molecule has 0 aliphatic carbocycles. The molecule has 0 amide bonds. The molecule has 0 aliphatic heterocycles. The van der Waals surface area contributed by atoms with Crippen molar-refractivity contribution in [3.05, 3.63) is 28.8 Å². The SMILES string of the molecule is CCc1cc(OC(F)F)cc(C(C)=O)c1C. The Morgan fingerprint density at radius 3 is 2.50 bits per heavy atom. The fraction of sp³-hybridized carbons (Fsp3) is 0.417. The van der Waals surface area contributed by atoms with Crippen LogP contribution >= 0.6 is 0 Å². The quantitative estimate of drug-likeness (QED) is 0.738. The maximum Gasteiger partial charge on any atom is 0.387 e. The summed E-state index contributed by atoms with van der Waals surface area (Å²) in [4.78, 5) is 11.3. The predicted octanol–water partition coefficient (Wildman–Crippen LogP) is 3.36. The lowest BCUT2D eigenvalue weighted by atomic mass is 9.98. The molecule has 0 heterocycles. The molecule has 88 valence electrons. The van der Waals surface area contributed by atoms with Crippen LogP contribution in [0.3, 0.4) is 0 Å². The molecule has 16 heavy (non-hydrogen) atoms. The molecular weight excluding hydrogens is 214 g/mol. The van der Waals surface area contributed by atoms with Gasteiger partial charge in [0, 0.05) is 5.56 Å². The maximum atomic E-state index is 12.1. The molecule has 0 fully saturated rings. The number of hydrogen-bond donors (Lipinski definition) is 0. The number of ether oxygens (including phenoxy) is 1. The van der Waals surface area contributed by atoms with Crippen LogP contribution in [0, 0.1) is 6.92 Å². The number of hydrogen-bond acceptors (Lipinski definition) is 2. The Morgan fingerprint density at radius 2 is 2.06 bits per heavy atom. The van der Waals surface area contributed by atoms with Gasteiger partial charge < -0.3 is 4.74 Å². The zero-order valence-corrected chi connectivity index (χ0v) is 9.51. The summed E-state index contributed by atoms with van der Waals surface area (Å²) in [6.07, 6.45) is 0.673. The highest BCUT2D eigenvalue weighted by Crippen LogP contribution is 2.24. The first-order valence-corrected chi connectivity index (χ1v) is 5.05. The lowest BCUT2D eigenvalue weighted by molar-refractivity contribution is -0.0499. The van der Waals surface area contributed by atoms with E-state index in [1.807, 2.05) is 13.8 Å². The Morgan fingerprint density at radius 1 is 1.44 bits per heavy atom. The van der Waals surface area contributed by atoms with E-state index in [1.54, 1.807) is 6.07 Å². The van der Waals surface area contributed by atoms with E-state index < -0.39 is 6.61 Å². The Kier molecular flexibility index (Phi) is 3.99. The first-order valence-electron chi connectivity index (χ1n) is 5.05. The Bertz CT molecular complexity index is 400. The fourth-order valence-corrected chi connectivity index (χ4v) is 1.65. The van der Waals surface area contributed by atoms with Crippen molar-refractivity contribution in [1.82, 2.24) is 0 Å². The molecule has 0 spiro atoms. The van der Waals surface area contributed by atoms with Crippen molar-refractivity contribution in [2.45, 2.75) is 33.8 Å². The zero-order chi connectivity index (χ0) is 12.3. The van der Waals surface area contributed by atoms with Gasteiger partial charge in [-0.15, -0.1) is 0 Å². The van der Waals surface area contributed by atoms with E-state index >= 15 is 0 Å². The summed E-state index contributed by atoms with van der Waals surface area (Å²) in [6.45, 7) is 2.25. The summed E-state index contributed by atoms with van der Waals surface area (Å²) in [6, 6.07) is 2.91. The standard InChI is InChI=1S/C12H14F2O2/c1-4-9-5-10(16-12(13)14)6-11(7(9)2)8(3)15/h5-6,12H,4H2,1-3H3. The Labute approximate surface area is 93.2 Å². The summed E-state index contributed by atoms with van der Waals surface area (Å²) >= 11 is 0. The normalized spacial score (nSPS) is 10.6. The van der Waals surface area contributed by atoms with E-state index in [2.05, 4.69) is 4.74 Å². The molecule has 0 bridgehead atoms. The summed E-state index contributed by atoms with van der Waals surface area (Å²) in [5.41, 5.74) is 2.12. The van der Waals surface area contributed by atoms with Gasteiger partial charge in [-0.1, -0.05) is 6.92 Å². The van der Waals surface area contributed by atoms with E-state index in [0.717, 1.165) is 11.1 Å². The molecule has 0 atom stereocenters. The third-order valence-corrected chi connectivity index (χ3v) is 2.47. The van der Waals surface area contributed by atoms with Gasteiger partial charge in [0.1, 0.15) is 5.75 Å². The molecule has 1 aromatic rings. The van der Waals surface area contributed by atoms with Crippen LogP contribution in [0.15, 0.2) is 12.1 Å². The largest absolute Gasteiger partial charge is 0.435 e. The molecule has 0 saturated heterocycles. The Hall–Kier alpha value is -1.45. The van der Waals surface area contributed by atoms with Crippen molar-refractivity contribution in [2.24, 2.45) is 0 Å². The summed E-state index contributed by atoms with van der Waals surface area (Å²) in [5.74, 6) is -0.102. The van der Waals surface area contributed by atoms with Crippen LogP contribution < -0.4 is 4.74 Å². The molecule has 4 heteroatoms. The van der Waals surface area contributed by atoms with Gasteiger partial charge in [0.05, 0.1) is 0 Å². The Balaban J connectivity index is 3.23. The van der Waals surface area contributed by atoms with Crippen LogP contribution in [0.25, 0.3) is 0 Å². The molecule has 0 radical (unpaired) electrons. The van der Waals surface area contributed by atoms with Crippen LogP contribution in [-0.2, 0) is 6.42 Å². The lowest BCUT2D eigenvalue weighted by Crippen LogP contribution is -2.06. The maximum absolute atomic E-state index is 12.1. The number of carbonyl (C=O) groups is 1. The average molecular weight is 228 g/mol. The second-order valence-electron chi connectivity index (χ2n) is 3.54. The van der Waals surface area contributed by atoms with Crippen molar-refractivity contribution in [3.8, 4) is 5.75 Å². The minimum Gasteiger partial charge on any atom is -0.435 e. The van der Waals surface area contributed by atoms with Gasteiger partial charge in [0.2, 0.25) is 0 Å². The summed E-state index contributed by atoms with van der Waals surface area (Å²) in [7, 11) is 0. The van der Waals surface area contributed by atoms with E-state index in [0.29, 0.717) is 12.0 Å². The fourth-order valence-electron chi connectivity index (χ4n) is 1.65. The topological polar surface area (TPSA) is 26.3 Å². The number of carbonyl (C=O) groups excluding carboxylic acids is 1. The molecule has 2 nitrogen and oxygen atoms in total. The second kappa shape index (κ2) is 5.05. The third-order valence-electron chi connectivity index (χ3n) is 2.47. The molecule has 0 aromatic heterocycles. The van der Waals surface area contributed by atoms with Gasteiger partial charge in [-0.3, -0.25) is 4.79 Å². The average Bonchev–Trinajstić information content (AvgIpc) is 2.19. The van der Waals surface area contributed by atoms with Crippen LogP contribution in [-0.4, -0.2) is 12.4 Å². The van der Waals surface area contributed by atoms with Gasteiger partial charge in [0.25, 0.3) is 0 Å². The summed E-state index contributed by atoms with van der Waals surface area (Å²) in [5, 5.41) is 0. The monoisotopic (exact) mass is 228 g/mol. The van der Waals surface area contributed by atoms with Crippen LogP contribution in [0.1, 0.15) is 35.3 Å².